The summed E-state index contributed by atoms with van der Waals surface area (Å²) in [6, 6.07) is 12.6. The number of primary amides is 1. The lowest BCUT2D eigenvalue weighted by Gasteiger charge is -2.39. The molecule has 3 saturated heterocycles. The summed E-state index contributed by atoms with van der Waals surface area (Å²) in [6.07, 6.45) is 6.06. The predicted molar refractivity (Wildman–Crippen MR) is 266 cm³/mol. The molecule has 0 spiro atoms. The number of carbonyl (C=O) groups is 4. The maximum absolute atomic E-state index is 16.5. The van der Waals surface area contributed by atoms with Gasteiger partial charge in [0.1, 0.15) is 36.1 Å². The van der Waals surface area contributed by atoms with Gasteiger partial charge < -0.3 is 35.1 Å². The van der Waals surface area contributed by atoms with Crippen molar-refractivity contribution in [1.82, 2.24) is 30.2 Å². The average Bonchev–Trinajstić information content (AvgIpc) is 3.95. The van der Waals surface area contributed by atoms with Crippen molar-refractivity contribution in [2.75, 3.05) is 63.9 Å². The Bertz CT molecular complexity index is 3060. The Balaban J connectivity index is 0.686. The van der Waals surface area contributed by atoms with Crippen LogP contribution in [0.15, 0.2) is 48.5 Å². The number of aryl methyl sites for hydroxylation is 1. The summed E-state index contributed by atoms with van der Waals surface area (Å²) in [5.74, 6) is -4.28. The number of likely N-dealkylation sites (tertiary alicyclic amines) is 2. The van der Waals surface area contributed by atoms with Gasteiger partial charge in [0.2, 0.25) is 17.7 Å². The summed E-state index contributed by atoms with van der Waals surface area (Å²) in [6.45, 7) is 4.17. The largest absolute Gasteiger partial charge is 0.486 e. The van der Waals surface area contributed by atoms with Crippen LogP contribution in [0.4, 0.5) is 28.2 Å². The molecule has 6 heterocycles. The van der Waals surface area contributed by atoms with Crippen LogP contribution in [-0.4, -0.2) is 108 Å². The molecule has 11 rings (SSSR count). The van der Waals surface area contributed by atoms with Gasteiger partial charge >= 0.3 is 6.03 Å². The van der Waals surface area contributed by atoms with E-state index in [9.17, 15) is 19.2 Å². The fourth-order valence-electron chi connectivity index (χ4n) is 12.3. The van der Waals surface area contributed by atoms with Crippen LogP contribution in [0.3, 0.4) is 0 Å². The number of aromatic nitrogens is 2. The van der Waals surface area contributed by atoms with Gasteiger partial charge in [-0.15, -0.1) is 0 Å². The number of nitrogens with zero attached hydrogens (tertiary/aromatic N) is 5. The summed E-state index contributed by atoms with van der Waals surface area (Å²) in [7, 11) is 1.56. The van der Waals surface area contributed by atoms with Crippen molar-refractivity contribution in [2.45, 2.75) is 81.8 Å². The van der Waals surface area contributed by atoms with E-state index in [1.807, 2.05) is 35.2 Å². The first-order valence-electron chi connectivity index (χ1n) is 25.6. The Labute approximate surface area is 429 Å². The predicted octanol–water partition coefficient (Wildman–Crippen LogP) is 7.86. The topological polar surface area (TPSA) is 174 Å². The molecular formula is C54H57ClF4N8O7. The van der Waals surface area contributed by atoms with Gasteiger partial charge in [0.05, 0.1) is 16.0 Å². The van der Waals surface area contributed by atoms with Crippen molar-refractivity contribution < 1.29 is 51.0 Å². The third-order valence-electron chi connectivity index (χ3n) is 16.2. The van der Waals surface area contributed by atoms with E-state index >= 15 is 17.6 Å². The van der Waals surface area contributed by atoms with Crippen molar-refractivity contribution in [2.24, 2.45) is 24.6 Å². The van der Waals surface area contributed by atoms with Crippen LogP contribution in [0.5, 0.6) is 17.2 Å². The Morgan fingerprint density at radius 2 is 1.59 bits per heavy atom. The highest BCUT2D eigenvalue weighted by Crippen LogP contribution is 2.52. The zero-order chi connectivity index (χ0) is 51.6. The number of urea groups is 1. The zero-order valence-electron chi connectivity index (χ0n) is 40.9. The van der Waals surface area contributed by atoms with Crippen molar-refractivity contribution in [3.63, 3.8) is 0 Å². The maximum Gasteiger partial charge on any atom is 0.329 e. The first-order chi connectivity index (χ1) is 35.7. The second-order valence-corrected chi connectivity index (χ2v) is 21.0. The number of fused-ring (bicyclic) bond motifs is 3. The summed E-state index contributed by atoms with van der Waals surface area (Å²) in [5, 5.41) is 10.1. The SMILES string of the molecule is Cn1nc(N2CCC(=O)NC2=O)c2cc(F)c(C3CCN(CC4CCN(C(=O)C5CCC(NCC6(c7ccccc7)Cc7c(cc(F)c(Cl)c7-c7c(C(N)=O)cc8c(c7F)OCCO8)O6)CC5)CC4)CC3)c(F)c21. The van der Waals surface area contributed by atoms with Gasteiger partial charge in [-0.2, -0.15) is 5.10 Å². The van der Waals surface area contributed by atoms with Crippen molar-refractivity contribution in [3.05, 3.63) is 99.1 Å². The third-order valence-corrected chi connectivity index (χ3v) is 16.6. The smallest absolute Gasteiger partial charge is 0.329 e. The monoisotopic (exact) mass is 1040 g/mol. The number of rotatable bonds is 11. The zero-order valence-corrected chi connectivity index (χ0v) is 41.7. The lowest BCUT2D eigenvalue weighted by molar-refractivity contribution is -0.138. The van der Waals surface area contributed by atoms with Crippen molar-refractivity contribution in [1.29, 1.82) is 0 Å². The first kappa shape index (κ1) is 49.8. The minimum atomic E-state index is -1.07. The van der Waals surface area contributed by atoms with E-state index in [0.717, 1.165) is 37.8 Å². The molecule has 15 nitrogen and oxygen atoms in total. The molecule has 1 atom stereocenters. The lowest BCUT2D eigenvalue weighted by atomic mass is 9.82. The molecule has 4 aromatic carbocycles. The number of imide groups is 1. The Morgan fingerprint density at radius 3 is 2.31 bits per heavy atom. The highest BCUT2D eigenvalue weighted by Gasteiger charge is 2.45. The molecule has 1 aliphatic carbocycles. The summed E-state index contributed by atoms with van der Waals surface area (Å²) in [4.78, 5) is 56.7. The van der Waals surface area contributed by atoms with Gasteiger partial charge in [0.25, 0.3) is 0 Å². The van der Waals surface area contributed by atoms with Crippen LogP contribution >= 0.6 is 11.6 Å². The molecule has 1 aromatic heterocycles. The van der Waals surface area contributed by atoms with Crippen LogP contribution in [0.2, 0.25) is 5.02 Å². The number of amides is 5. The molecule has 5 aliphatic heterocycles. The Kier molecular flexibility index (Phi) is 13.5. The molecule has 5 amide bonds. The number of anilines is 1. The molecule has 0 radical (unpaired) electrons. The quantitative estimate of drug-likeness (QED) is 0.111. The third kappa shape index (κ3) is 9.07. The highest BCUT2D eigenvalue weighted by atomic mass is 35.5. The van der Waals surface area contributed by atoms with Crippen LogP contribution in [0.25, 0.3) is 22.0 Å². The highest BCUT2D eigenvalue weighted by molar-refractivity contribution is 6.34. The average molecular weight is 1040 g/mol. The molecule has 1 saturated carbocycles. The van der Waals surface area contributed by atoms with E-state index in [1.54, 1.807) is 7.05 Å². The molecule has 4 fully saturated rings. The Hall–Kier alpha value is -6.44. The number of carbonyl (C=O) groups excluding carboxylic acids is 4. The first-order valence-corrected chi connectivity index (χ1v) is 25.9. The second kappa shape index (κ2) is 20.0. The number of ether oxygens (including phenoxy) is 3. The summed E-state index contributed by atoms with van der Waals surface area (Å²) >= 11 is 6.69. The molecule has 4 N–H and O–H groups in total. The van der Waals surface area contributed by atoms with Gasteiger partial charge in [0, 0.05) is 92.9 Å². The van der Waals surface area contributed by atoms with Crippen LogP contribution in [-0.2, 0) is 28.7 Å². The number of nitrogens with two attached hydrogens (primary N) is 1. The molecule has 74 heavy (non-hydrogen) atoms. The van der Waals surface area contributed by atoms with Gasteiger partial charge in [-0.05, 0) is 94.0 Å². The number of nitrogens with one attached hydrogen (secondary N) is 2. The van der Waals surface area contributed by atoms with E-state index in [0.29, 0.717) is 69.9 Å². The number of hydrogen-bond acceptors (Lipinski definition) is 10. The fourth-order valence-corrected chi connectivity index (χ4v) is 12.6. The standard InChI is InChI=1S/C54H57ClF4N8O7/c1-64-48-35(51(63-64)67-20-15-41(68)62-53(67)71)23-37(56)42(46(48)58)30-13-16-65(17-14-30)27-29-11-18-66(19-12-29)52(70)31-7-9-33(10-8-31)61-28-54(32-5-3-2-4-6-32)26-36-39(74-54)25-38(57)45(55)43(36)44-34(50(60)69)24-40-49(47(44)59)73-22-21-72-40/h2-6,23-25,29-31,33,61H,7-22,26-28H2,1H3,(H2,60,69)(H,62,68,71). The van der Waals surface area contributed by atoms with E-state index in [2.05, 4.69) is 20.6 Å². The van der Waals surface area contributed by atoms with E-state index < -0.39 is 46.7 Å². The second-order valence-electron chi connectivity index (χ2n) is 20.6. The Morgan fingerprint density at radius 1 is 0.865 bits per heavy atom. The van der Waals surface area contributed by atoms with E-state index in [4.69, 9.17) is 31.5 Å². The molecular weight excluding hydrogens is 984 g/mol. The molecule has 6 aliphatic rings. The molecule has 0 bridgehead atoms. The normalized spacial score (nSPS) is 22.7. The summed E-state index contributed by atoms with van der Waals surface area (Å²) in [5.41, 5.74) is 5.53. The fraction of sp³-hybridized carbons (Fsp3) is 0.463. The van der Waals surface area contributed by atoms with Crippen LogP contribution in [0, 0.1) is 35.1 Å². The number of hydrogen-bond donors (Lipinski definition) is 3. The minimum absolute atomic E-state index is 0.0145. The van der Waals surface area contributed by atoms with Crippen LogP contribution < -0.4 is 35.5 Å². The lowest BCUT2D eigenvalue weighted by Crippen LogP contribution is -2.49. The molecule has 390 valence electrons. The van der Waals surface area contributed by atoms with Crippen molar-refractivity contribution >= 4 is 52.1 Å². The number of benzene rings is 4. The van der Waals surface area contributed by atoms with Crippen molar-refractivity contribution in [3.8, 4) is 28.4 Å². The maximum atomic E-state index is 16.5. The van der Waals surface area contributed by atoms with Gasteiger partial charge in [-0.1, -0.05) is 41.9 Å². The van der Waals surface area contributed by atoms with Gasteiger partial charge in [0.15, 0.2) is 34.6 Å². The van der Waals surface area contributed by atoms with Gasteiger partial charge in [-0.3, -0.25) is 29.3 Å². The van der Waals surface area contributed by atoms with Gasteiger partial charge in [-0.25, -0.2) is 22.4 Å². The minimum Gasteiger partial charge on any atom is -0.486 e. The van der Waals surface area contributed by atoms with E-state index in [-0.39, 0.29) is 118 Å². The molecule has 20 heteroatoms. The number of halogens is 5. The van der Waals surface area contributed by atoms with E-state index in [1.165, 1.54) is 27.8 Å². The molecule has 1 unspecified atom stereocenters. The summed E-state index contributed by atoms with van der Waals surface area (Å²) < 4.78 is 83.6. The number of piperidine rings is 2. The molecule has 5 aromatic rings. The van der Waals surface area contributed by atoms with Crippen LogP contribution in [0.1, 0.15) is 90.8 Å².